The van der Waals surface area contributed by atoms with E-state index < -0.39 is 0 Å². The van der Waals surface area contributed by atoms with Crippen molar-refractivity contribution in [3.63, 3.8) is 0 Å². The molecule has 3 heteroatoms. The van der Waals surface area contributed by atoms with Crippen molar-refractivity contribution in [3.8, 4) is 0 Å². The third-order valence-corrected chi connectivity index (χ3v) is 4.70. The fourth-order valence-corrected chi connectivity index (χ4v) is 3.69. The highest BCUT2D eigenvalue weighted by Crippen LogP contribution is 2.27. The van der Waals surface area contributed by atoms with E-state index in [0.717, 1.165) is 17.4 Å². The Morgan fingerprint density at radius 1 is 1.11 bits per heavy atom. The molecule has 1 nitrogen and oxygen atoms in total. The van der Waals surface area contributed by atoms with Gasteiger partial charge in [-0.15, -0.1) is 11.3 Å². The smallest absolute Gasteiger partial charge is 0.164 e. The number of carbonyl (C=O) groups excluding carboxylic acids is 1. The van der Waals surface area contributed by atoms with Gasteiger partial charge in [-0.1, -0.05) is 18.2 Å². The van der Waals surface area contributed by atoms with Crippen molar-refractivity contribution < 1.29 is 4.79 Å². The van der Waals surface area contributed by atoms with Gasteiger partial charge in [0.2, 0.25) is 0 Å². The minimum atomic E-state index is 0.249. The Bertz CT molecular complexity index is 665. The standard InChI is InChI=1S/C15H12OS2/c16-14(6-5-11-7-8-17-9-11)13-10-18-15-4-2-1-3-12(13)15/h1-4,7-10H,5-6H2. The lowest BCUT2D eigenvalue weighted by Gasteiger charge is -1.98. The Labute approximate surface area is 114 Å². The molecule has 0 N–H and O–H groups in total. The van der Waals surface area contributed by atoms with E-state index in [1.807, 2.05) is 23.6 Å². The molecule has 0 amide bonds. The second kappa shape index (κ2) is 5.04. The number of rotatable bonds is 4. The molecule has 3 rings (SSSR count). The molecular weight excluding hydrogens is 260 g/mol. The quantitative estimate of drug-likeness (QED) is 0.625. The first kappa shape index (κ1) is 11.6. The van der Waals surface area contributed by atoms with Crippen LogP contribution in [0.4, 0.5) is 0 Å². The molecule has 0 unspecified atom stereocenters. The van der Waals surface area contributed by atoms with E-state index in [2.05, 4.69) is 22.9 Å². The highest BCUT2D eigenvalue weighted by atomic mass is 32.1. The SMILES string of the molecule is O=C(CCc1ccsc1)c1csc2ccccc12. The van der Waals surface area contributed by atoms with Gasteiger partial charge in [-0.05, 0) is 34.9 Å². The van der Waals surface area contributed by atoms with Gasteiger partial charge in [0.05, 0.1) is 0 Å². The largest absolute Gasteiger partial charge is 0.294 e. The van der Waals surface area contributed by atoms with Crippen LogP contribution in [0.3, 0.4) is 0 Å². The molecule has 1 aromatic carbocycles. The monoisotopic (exact) mass is 272 g/mol. The number of thiophene rings is 2. The second-order valence-electron chi connectivity index (χ2n) is 4.20. The van der Waals surface area contributed by atoms with Crippen molar-refractivity contribution in [1.29, 1.82) is 0 Å². The van der Waals surface area contributed by atoms with Gasteiger partial charge >= 0.3 is 0 Å². The van der Waals surface area contributed by atoms with Crippen LogP contribution in [-0.2, 0) is 6.42 Å². The van der Waals surface area contributed by atoms with E-state index in [1.165, 1.54) is 10.3 Å². The summed E-state index contributed by atoms with van der Waals surface area (Å²) in [6.45, 7) is 0. The number of carbonyl (C=O) groups is 1. The summed E-state index contributed by atoms with van der Waals surface area (Å²) in [4.78, 5) is 12.2. The third-order valence-electron chi connectivity index (χ3n) is 3.00. The lowest BCUT2D eigenvalue weighted by molar-refractivity contribution is 0.0985. The molecule has 2 heterocycles. The number of Topliss-reactive ketones (excluding diaryl/α,β-unsaturated/α-hetero) is 1. The molecule has 0 saturated heterocycles. The van der Waals surface area contributed by atoms with Crippen LogP contribution in [0.1, 0.15) is 22.3 Å². The van der Waals surface area contributed by atoms with Crippen molar-refractivity contribution in [2.45, 2.75) is 12.8 Å². The molecule has 18 heavy (non-hydrogen) atoms. The van der Waals surface area contributed by atoms with Gasteiger partial charge in [0.25, 0.3) is 0 Å². The normalized spacial score (nSPS) is 10.9. The first-order valence-corrected chi connectivity index (χ1v) is 7.67. The fraction of sp³-hybridized carbons (Fsp3) is 0.133. The molecule has 2 aromatic heterocycles. The lowest BCUT2D eigenvalue weighted by Crippen LogP contribution is -1.99. The summed E-state index contributed by atoms with van der Waals surface area (Å²) < 4.78 is 1.19. The van der Waals surface area contributed by atoms with Crippen LogP contribution >= 0.6 is 22.7 Å². The van der Waals surface area contributed by atoms with Crippen molar-refractivity contribution in [1.82, 2.24) is 0 Å². The number of fused-ring (bicyclic) bond motifs is 1. The summed E-state index contributed by atoms with van der Waals surface area (Å²) in [5, 5.41) is 7.25. The Hall–Kier alpha value is -1.45. The van der Waals surface area contributed by atoms with E-state index in [4.69, 9.17) is 0 Å². The molecule has 0 bridgehead atoms. The third kappa shape index (κ3) is 2.24. The predicted octanol–water partition coefficient (Wildman–Crippen LogP) is 4.78. The molecule has 3 aromatic rings. The van der Waals surface area contributed by atoms with Gasteiger partial charge in [-0.3, -0.25) is 4.79 Å². The van der Waals surface area contributed by atoms with Gasteiger partial charge in [-0.25, -0.2) is 0 Å². The van der Waals surface area contributed by atoms with Gasteiger partial charge < -0.3 is 0 Å². The minimum absolute atomic E-state index is 0.249. The highest BCUT2D eigenvalue weighted by molar-refractivity contribution is 7.17. The fourth-order valence-electron chi connectivity index (χ4n) is 2.02. The summed E-state index contributed by atoms with van der Waals surface area (Å²) in [7, 11) is 0. The molecule has 90 valence electrons. The van der Waals surface area contributed by atoms with E-state index in [9.17, 15) is 4.79 Å². The number of ketones is 1. The van der Waals surface area contributed by atoms with E-state index >= 15 is 0 Å². The van der Waals surface area contributed by atoms with Crippen LogP contribution in [-0.4, -0.2) is 5.78 Å². The summed E-state index contributed by atoms with van der Waals surface area (Å²) in [6.07, 6.45) is 1.43. The first-order chi connectivity index (χ1) is 8.84. The zero-order valence-corrected chi connectivity index (χ0v) is 11.4. The van der Waals surface area contributed by atoms with Gasteiger partial charge in [0, 0.05) is 27.5 Å². The maximum Gasteiger partial charge on any atom is 0.164 e. The summed E-state index contributed by atoms with van der Waals surface area (Å²) in [6, 6.07) is 10.2. The highest BCUT2D eigenvalue weighted by Gasteiger charge is 2.11. The number of hydrogen-bond acceptors (Lipinski definition) is 3. The molecule has 0 aliphatic heterocycles. The molecule has 0 aliphatic carbocycles. The van der Waals surface area contributed by atoms with E-state index in [0.29, 0.717) is 6.42 Å². The average molecular weight is 272 g/mol. The van der Waals surface area contributed by atoms with Gasteiger partial charge in [0.15, 0.2) is 5.78 Å². The molecule has 0 radical (unpaired) electrons. The predicted molar refractivity (Wildman–Crippen MR) is 78.8 cm³/mol. The van der Waals surface area contributed by atoms with Gasteiger partial charge in [-0.2, -0.15) is 11.3 Å². The van der Waals surface area contributed by atoms with Crippen LogP contribution in [0.5, 0.6) is 0 Å². The number of hydrogen-bond donors (Lipinski definition) is 0. The van der Waals surface area contributed by atoms with Crippen molar-refractivity contribution in [3.05, 3.63) is 57.6 Å². The van der Waals surface area contributed by atoms with Crippen LogP contribution in [0, 0.1) is 0 Å². The van der Waals surface area contributed by atoms with E-state index in [1.54, 1.807) is 22.7 Å². The average Bonchev–Trinajstić information content (AvgIpc) is 3.05. The van der Waals surface area contributed by atoms with Gasteiger partial charge in [0.1, 0.15) is 0 Å². The topological polar surface area (TPSA) is 17.1 Å². The zero-order valence-electron chi connectivity index (χ0n) is 9.76. The molecule has 0 fully saturated rings. The maximum absolute atomic E-state index is 12.2. The Morgan fingerprint density at radius 3 is 2.83 bits per heavy atom. The van der Waals surface area contributed by atoms with E-state index in [-0.39, 0.29) is 5.78 Å². The molecule has 0 atom stereocenters. The molecule has 0 spiro atoms. The maximum atomic E-state index is 12.2. The van der Waals surface area contributed by atoms with Crippen LogP contribution in [0.15, 0.2) is 46.5 Å². The molecule has 0 saturated carbocycles. The summed E-state index contributed by atoms with van der Waals surface area (Å²) in [5.41, 5.74) is 2.14. The Morgan fingerprint density at radius 2 is 2.00 bits per heavy atom. The summed E-state index contributed by atoms with van der Waals surface area (Å²) >= 11 is 3.33. The van der Waals surface area contributed by atoms with Crippen molar-refractivity contribution >= 4 is 38.5 Å². The van der Waals surface area contributed by atoms with Crippen LogP contribution in [0.2, 0.25) is 0 Å². The van der Waals surface area contributed by atoms with Crippen LogP contribution in [0.25, 0.3) is 10.1 Å². The number of aryl methyl sites for hydroxylation is 1. The first-order valence-electron chi connectivity index (χ1n) is 5.85. The Balaban J connectivity index is 1.80. The Kier molecular flexibility index (Phi) is 3.26. The second-order valence-corrected chi connectivity index (χ2v) is 5.89. The van der Waals surface area contributed by atoms with Crippen LogP contribution < -0.4 is 0 Å². The number of benzene rings is 1. The lowest BCUT2D eigenvalue weighted by atomic mass is 10.0. The summed E-state index contributed by atoms with van der Waals surface area (Å²) in [5.74, 6) is 0.249. The zero-order chi connectivity index (χ0) is 12.4. The van der Waals surface area contributed by atoms with Crippen molar-refractivity contribution in [2.75, 3.05) is 0 Å². The van der Waals surface area contributed by atoms with Crippen molar-refractivity contribution in [2.24, 2.45) is 0 Å². The molecular formula is C15H12OS2. The minimum Gasteiger partial charge on any atom is -0.294 e. The molecule has 0 aliphatic rings.